The Morgan fingerprint density at radius 3 is 1.00 bits per heavy atom. The number of rotatable bonds is 36. The van der Waals surface area contributed by atoms with Crippen LogP contribution in [0.4, 0.5) is 17.1 Å². The van der Waals surface area contributed by atoms with Crippen LogP contribution in [-0.2, 0) is 136 Å². The normalized spacial score (nSPS) is 14.9. The van der Waals surface area contributed by atoms with Crippen LogP contribution in [0, 0.1) is 0 Å². The van der Waals surface area contributed by atoms with Crippen LogP contribution in [0.25, 0.3) is 0 Å². The lowest BCUT2D eigenvalue weighted by Gasteiger charge is -2.15. The van der Waals surface area contributed by atoms with E-state index in [1.807, 2.05) is 39.8 Å². The second kappa shape index (κ2) is 54.4. The van der Waals surface area contributed by atoms with Gasteiger partial charge in [0.15, 0.2) is 5.78 Å². The van der Waals surface area contributed by atoms with Crippen molar-refractivity contribution in [3.8, 4) is 11.5 Å². The Labute approximate surface area is 799 Å². The molecule has 3 aromatic rings. The fraction of sp³-hybridized carbons (Fsp3) is 0.333. The van der Waals surface area contributed by atoms with Crippen LogP contribution in [-0.4, -0.2) is 209 Å². The average Bonchev–Trinajstić information content (AvgIpc) is 1.65. The number of ether oxygens (including phenoxy) is 7. The Morgan fingerprint density at radius 1 is 0.326 bits per heavy atom. The number of imide groups is 7. The Kier molecular flexibility index (Phi) is 45.0. The number of benzene rings is 3. The second-order valence-corrected chi connectivity index (χ2v) is 31.1. The van der Waals surface area contributed by atoms with E-state index in [0.29, 0.717) is 169 Å². The Balaban J connectivity index is 0.000000337. The first-order valence-corrected chi connectivity index (χ1v) is 43.5. The lowest BCUT2D eigenvalue weighted by molar-refractivity contribution is -0.154. The summed E-state index contributed by atoms with van der Waals surface area (Å²) in [7, 11) is 0. The highest BCUT2D eigenvalue weighted by molar-refractivity contribution is 6.34. The number of amides is 14. The molecule has 36 heteroatoms. The molecule has 36 nitrogen and oxygen atoms in total. The van der Waals surface area contributed by atoms with Gasteiger partial charge in [0.25, 0.3) is 82.7 Å². The van der Waals surface area contributed by atoms with E-state index < -0.39 is 60.1 Å². The number of carbonyl (C=O) groups excluding carboxylic acids is 22. The van der Waals surface area contributed by atoms with Crippen LogP contribution in [0.5, 0.6) is 11.5 Å². The fourth-order valence-electron chi connectivity index (χ4n) is 12.8. The zero-order chi connectivity index (χ0) is 104. The molecule has 0 N–H and O–H groups in total. The number of hydrogen-bond donors (Lipinski definition) is 0. The Hall–Kier alpha value is -16.0. The molecule has 0 unspecified atom stereocenters. The van der Waals surface area contributed by atoms with Crippen LogP contribution in [0.3, 0.4) is 0 Å². The first-order valence-electron chi connectivity index (χ1n) is 43.5. The molecular weight excluding hydrogens is 1790 g/mol. The third kappa shape index (κ3) is 30.8. The molecule has 10 rings (SSSR count). The highest BCUT2D eigenvalue weighted by Gasteiger charge is 2.41. The van der Waals surface area contributed by atoms with Crippen molar-refractivity contribution in [1.29, 1.82) is 0 Å². The Bertz CT molecular complexity index is 5590. The highest BCUT2D eigenvalue weighted by Crippen LogP contribution is 2.34. The van der Waals surface area contributed by atoms with Crippen molar-refractivity contribution in [2.45, 2.75) is 169 Å². The first-order chi connectivity index (χ1) is 65.0. The van der Waals surface area contributed by atoms with Gasteiger partial charge in [-0.3, -0.25) is 96.3 Å². The van der Waals surface area contributed by atoms with Crippen LogP contribution >= 0.6 is 0 Å². The maximum Gasteiger partial charge on any atom is 0.338 e. The van der Waals surface area contributed by atoms with E-state index in [9.17, 15) is 105 Å². The van der Waals surface area contributed by atoms with Crippen molar-refractivity contribution in [2.24, 2.45) is 0 Å². The third-order valence-electron chi connectivity index (χ3n) is 21.2. The largest absolute Gasteiger partial charge is 0.462 e. The van der Waals surface area contributed by atoms with E-state index in [-0.39, 0.29) is 123 Å². The molecule has 732 valence electrons. The predicted octanol–water partition coefficient (Wildman–Crippen LogP) is 11.3. The molecule has 0 bridgehead atoms. The summed E-state index contributed by atoms with van der Waals surface area (Å²) in [6.07, 6.45) is 11.0. The number of nitrogens with zero attached hydrogens (tertiary/aromatic N) is 7. The van der Waals surface area contributed by atoms with Gasteiger partial charge in [0.2, 0.25) is 0 Å². The lowest BCUT2D eigenvalue weighted by atomic mass is 10.0. The maximum atomic E-state index is 12.3. The summed E-state index contributed by atoms with van der Waals surface area (Å²) >= 11 is 0. The van der Waals surface area contributed by atoms with Crippen molar-refractivity contribution < 1.29 is 139 Å². The van der Waals surface area contributed by atoms with Gasteiger partial charge in [0.1, 0.15) is 44.5 Å². The summed E-state index contributed by atoms with van der Waals surface area (Å²) in [4.78, 5) is 263. The van der Waals surface area contributed by atoms with Crippen molar-refractivity contribution in [3.63, 3.8) is 0 Å². The minimum Gasteiger partial charge on any atom is -0.462 e. The van der Waals surface area contributed by atoms with Crippen LogP contribution in [0.15, 0.2) is 238 Å². The topological polar surface area (TPSA) is 463 Å². The van der Waals surface area contributed by atoms with Gasteiger partial charge in [-0.1, -0.05) is 98.7 Å². The summed E-state index contributed by atoms with van der Waals surface area (Å²) in [5.41, 5.74) is 9.52. The fourth-order valence-corrected chi connectivity index (χ4v) is 12.8. The molecule has 0 spiro atoms. The molecule has 138 heavy (non-hydrogen) atoms. The van der Waals surface area contributed by atoms with Gasteiger partial charge < -0.3 is 33.2 Å². The minimum absolute atomic E-state index is 0.00197. The predicted molar refractivity (Wildman–Crippen MR) is 505 cm³/mol. The number of esters is 7. The molecule has 3 aromatic carbocycles. The summed E-state index contributed by atoms with van der Waals surface area (Å²) < 4.78 is 34.1. The van der Waals surface area contributed by atoms with E-state index in [2.05, 4.69) is 50.8 Å². The van der Waals surface area contributed by atoms with E-state index in [1.165, 1.54) is 60.1 Å². The molecule has 0 aliphatic carbocycles. The molecule has 0 saturated heterocycles. The van der Waals surface area contributed by atoms with E-state index in [4.69, 9.17) is 28.4 Å². The van der Waals surface area contributed by atoms with E-state index in [1.54, 1.807) is 106 Å². The molecule has 7 aliphatic heterocycles. The van der Waals surface area contributed by atoms with Crippen LogP contribution < -0.4 is 24.2 Å². The molecule has 0 radical (unpaired) electrons. The van der Waals surface area contributed by atoms with Crippen LogP contribution in [0.2, 0.25) is 0 Å². The minimum atomic E-state index is -0.746. The third-order valence-corrected chi connectivity index (χ3v) is 21.2. The van der Waals surface area contributed by atoms with E-state index >= 15 is 0 Å². The van der Waals surface area contributed by atoms with Crippen molar-refractivity contribution in [1.82, 2.24) is 19.6 Å². The number of allylic oxidation sites excluding steroid dienone is 1. The standard InChI is InChI=1S/C18H19NO4.C16H15NO4.C16H23NO4.C15H13NO4.C13H15NO6.C13H17NO4.C11H13NO3/c1-11(2)18(22)23-10-9-14-5-7-15(8-6-14)19-16(20)12(3)13(4)17(19)21;1-9(2)16(20)21-13-7-5-12(6-8-13)17-14(18)10(3)11(4)15(17)19;1-5-7-12-13(8-6-2)15(19)17(14(12)18)9-10-21-16(20)11(3)4;1-4-13(17)20-12-7-5-11(6-8-12)16-14(18)9(2)10(3)15(16)19;1-4-10(15)19-5-6-20-11(16)7-14-12(17)8(2)9(3)13(14)18;1-4-9-10(5-2)13(17)14(12(9)16)7-8-18-11(15)6-3;1-3-9(13)5-4-6-12-10(14)7-8(2)11(12)15/h5-8H,1,9-10H2,2-4H3;5-8H,1H2,2-4H3;3,5-10H2,1-2,4H3;4-8H,1H2,2-3H3;4H,1,5-7H2,2-3H3;6H,3-5,7-8H2,1-2H3;3,7H,1,4-6H2,2H3. The van der Waals surface area contributed by atoms with Gasteiger partial charge in [-0.15, -0.1) is 0 Å². The molecule has 0 atom stereocenters. The van der Waals surface area contributed by atoms with Gasteiger partial charge in [0.05, 0.1) is 36.8 Å². The Morgan fingerprint density at radius 2 is 0.659 bits per heavy atom. The molecular formula is C102H115N7O29. The van der Waals surface area contributed by atoms with Gasteiger partial charge in [-0.25, -0.2) is 43.5 Å². The monoisotopic (exact) mass is 1900 g/mol. The van der Waals surface area contributed by atoms with Gasteiger partial charge in [-0.05, 0) is 187 Å². The zero-order valence-electron chi connectivity index (χ0n) is 80.5. The quantitative estimate of drug-likeness (QED) is 0.0130. The van der Waals surface area contributed by atoms with Gasteiger partial charge in [0, 0.05) is 133 Å². The molecule has 7 aliphatic rings. The van der Waals surface area contributed by atoms with Gasteiger partial charge in [-0.2, -0.15) is 0 Å². The van der Waals surface area contributed by atoms with E-state index in [0.717, 1.165) is 61.1 Å². The smallest absolute Gasteiger partial charge is 0.338 e. The number of ketones is 1. The number of carbonyl (C=O) groups is 22. The number of hydrogen-bond acceptors (Lipinski definition) is 29. The van der Waals surface area contributed by atoms with Crippen molar-refractivity contribution in [2.75, 3.05) is 73.9 Å². The molecule has 14 amide bonds. The van der Waals surface area contributed by atoms with Gasteiger partial charge >= 0.3 is 41.8 Å². The second-order valence-electron chi connectivity index (χ2n) is 31.1. The summed E-state index contributed by atoms with van der Waals surface area (Å²) in [5.74, 6) is -7.81. The molecule has 7 heterocycles. The summed E-state index contributed by atoms with van der Waals surface area (Å²) in [6.45, 7) is 50.4. The molecule has 0 aromatic heterocycles. The van der Waals surface area contributed by atoms with Crippen LogP contribution in [0.1, 0.15) is 168 Å². The average molecular weight is 1900 g/mol. The summed E-state index contributed by atoms with van der Waals surface area (Å²) in [6, 6.07) is 19.4. The summed E-state index contributed by atoms with van der Waals surface area (Å²) in [5, 5.41) is 0. The SMILES string of the molecule is C=C(C)C(=O)OCCN1C(=O)C(CCC)=C(CCC)C1=O.C=C(C)C(=O)OCCc1ccc(N2C(=O)C(C)=C(C)C2=O)cc1.C=C(C)C(=O)Oc1ccc(N2C(=O)C(C)=C(C)C2=O)cc1.C=CC(=O)CCCN1C(=O)C=C(C)C1=O.C=CC(=O)OCCN1C(=O)C(CC)=C(CC)C1=O.C=CC(=O)OCCOC(=O)CN1C(=O)C(C)=C(C)C1=O.C=CC(=O)Oc1ccc(N2C(=O)C(C)=C(C)C2=O)cc1. The lowest BCUT2D eigenvalue weighted by Crippen LogP contribution is -2.37. The zero-order valence-corrected chi connectivity index (χ0v) is 80.5. The highest BCUT2D eigenvalue weighted by atomic mass is 16.6. The van der Waals surface area contributed by atoms with Crippen molar-refractivity contribution in [3.05, 3.63) is 244 Å². The molecule has 0 fully saturated rings. The first kappa shape index (κ1) is 114. The maximum absolute atomic E-state index is 12.3. The van der Waals surface area contributed by atoms with Crippen molar-refractivity contribution >= 4 is 147 Å². The molecule has 0 saturated carbocycles. The number of anilines is 3.